The summed E-state index contributed by atoms with van der Waals surface area (Å²) < 4.78 is 1.91. The van der Waals surface area contributed by atoms with E-state index in [1.54, 1.807) is 0 Å². The first-order chi connectivity index (χ1) is 10.9. The number of carbonyl (C=O) groups is 1. The topological polar surface area (TPSA) is 51.0 Å². The molecule has 5 heteroatoms. The van der Waals surface area contributed by atoms with Crippen LogP contribution in [-0.2, 0) is 19.4 Å². The summed E-state index contributed by atoms with van der Waals surface area (Å²) in [5, 5.41) is 8.19. The maximum absolute atomic E-state index is 11.2. The minimum Gasteiger partial charge on any atom is -0.301 e. The van der Waals surface area contributed by atoms with Gasteiger partial charge in [-0.2, -0.15) is 0 Å². The standard InChI is InChI=1S/C17H22N4O/c22-14-16-17(9-8-15-6-2-1-3-7-15)21(19-18-16)13-12-20-10-4-5-11-20/h1-3,6-7,14H,4-5,8-13H2. The van der Waals surface area contributed by atoms with Crippen LogP contribution in [0, 0.1) is 0 Å². The van der Waals surface area contributed by atoms with Gasteiger partial charge in [0.1, 0.15) is 5.69 Å². The molecule has 2 heterocycles. The van der Waals surface area contributed by atoms with Gasteiger partial charge in [0.05, 0.1) is 12.2 Å². The highest BCUT2D eigenvalue weighted by molar-refractivity contribution is 5.73. The number of hydrogen-bond donors (Lipinski definition) is 0. The zero-order valence-electron chi connectivity index (χ0n) is 12.8. The summed E-state index contributed by atoms with van der Waals surface area (Å²) in [6.45, 7) is 4.15. The first-order valence-corrected chi connectivity index (χ1v) is 8.00. The molecular weight excluding hydrogens is 276 g/mol. The highest BCUT2D eigenvalue weighted by Crippen LogP contribution is 2.11. The molecule has 22 heavy (non-hydrogen) atoms. The molecule has 3 rings (SSSR count). The van der Waals surface area contributed by atoms with Gasteiger partial charge in [-0.15, -0.1) is 5.10 Å². The third-order valence-corrected chi connectivity index (χ3v) is 4.30. The largest absolute Gasteiger partial charge is 0.301 e. The average Bonchev–Trinajstić information content (AvgIpc) is 3.21. The van der Waals surface area contributed by atoms with E-state index in [1.807, 2.05) is 22.9 Å². The lowest BCUT2D eigenvalue weighted by atomic mass is 10.1. The lowest BCUT2D eigenvalue weighted by Gasteiger charge is -2.15. The summed E-state index contributed by atoms with van der Waals surface area (Å²) in [5.74, 6) is 0. The molecule has 0 bridgehead atoms. The Balaban J connectivity index is 1.65. The summed E-state index contributed by atoms with van der Waals surface area (Å²) in [5.41, 5.74) is 2.71. The van der Waals surface area contributed by atoms with Crippen molar-refractivity contribution in [3.63, 3.8) is 0 Å². The third-order valence-electron chi connectivity index (χ3n) is 4.30. The second kappa shape index (κ2) is 7.31. The maximum Gasteiger partial charge on any atom is 0.172 e. The van der Waals surface area contributed by atoms with Crippen molar-refractivity contribution in [2.45, 2.75) is 32.2 Å². The van der Waals surface area contributed by atoms with Crippen molar-refractivity contribution in [2.24, 2.45) is 0 Å². The molecule has 1 saturated heterocycles. The summed E-state index contributed by atoms with van der Waals surface area (Å²) in [4.78, 5) is 13.6. The van der Waals surface area contributed by atoms with Crippen molar-refractivity contribution in [2.75, 3.05) is 19.6 Å². The molecule has 1 aromatic carbocycles. The molecule has 0 unspecified atom stereocenters. The number of aldehydes is 1. The van der Waals surface area contributed by atoms with Gasteiger partial charge in [0, 0.05) is 6.54 Å². The molecule has 116 valence electrons. The van der Waals surface area contributed by atoms with Crippen LogP contribution in [0.2, 0.25) is 0 Å². The van der Waals surface area contributed by atoms with Crippen LogP contribution in [0.5, 0.6) is 0 Å². The van der Waals surface area contributed by atoms with E-state index in [-0.39, 0.29) is 0 Å². The highest BCUT2D eigenvalue weighted by atomic mass is 16.1. The SMILES string of the molecule is O=Cc1nnn(CCN2CCCC2)c1CCc1ccccc1. The Morgan fingerprint density at radius 2 is 1.82 bits per heavy atom. The molecule has 1 aliphatic heterocycles. The molecule has 5 nitrogen and oxygen atoms in total. The van der Waals surface area contributed by atoms with Gasteiger partial charge in [0.2, 0.25) is 0 Å². The summed E-state index contributed by atoms with van der Waals surface area (Å²) in [7, 11) is 0. The number of rotatable bonds is 7. The monoisotopic (exact) mass is 298 g/mol. The van der Waals surface area contributed by atoms with Crippen molar-refractivity contribution in [1.82, 2.24) is 19.9 Å². The summed E-state index contributed by atoms with van der Waals surface area (Å²) in [6.07, 6.45) is 5.10. The van der Waals surface area contributed by atoms with E-state index < -0.39 is 0 Å². The van der Waals surface area contributed by atoms with E-state index >= 15 is 0 Å². The van der Waals surface area contributed by atoms with E-state index in [0.29, 0.717) is 5.69 Å². The maximum atomic E-state index is 11.2. The number of aryl methyl sites for hydroxylation is 1. The van der Waals surface area contributed by atoms with Crippen LogP contribution in [0.25, 0.3) is 0 Å². The van der Waals surface area contributed by atoms with Gasteiger partial charge >= 0.3 is 0 Å². The van der Waals surface area contributed by atoms with Gasteiger partial charge in [-0.05, 0) is 44.3 Å². The molecule has 0 saturated carbocycles. The molecule has 1 aliphatic rings. The minimum absolute atomic E-state index is 0.484. The number of aromatic nitrogens is 3. The zero-order valence-corrected chi connectivity index (χ0v) is 12.8. The molecule has 2 aromatic rings. The minimum atomic E-state index is 0.484. The van der Waals surface area contributed by atoms with Gasteiger partial charge in [-0.3, -0.25) is 4.79 Å². The smallest absolute Gasteiger partial charge is 0.172 e. The molecule has 0 radical (unpaired) electrons. The van der Waals surface area contributed by atoms with E-state index in [0.717, 1.165) is 37.9 Å². The number of likely N-dealkylation sites (tertiary alicyclic amines) is 1. The lowest BCUT2D eigenvalue weighted by Crippen LogP contribution is -2.25. The summed E-state index contributed by atoms with van der Waals surface area (Å²) >= 11 is 0. The van der Waals surface area contributed by atoms with Gasteiger partial charge in [-0.25, -0.2) is 4.68 Å². The van der Waals surface area contributed by atoms with Crippen LogP contribution in [0.4, 0.5) is 0 Å². The van der Waals surface area contributed by atoms with Crippen LogP contribution < -0.4 is 0 Å². The van der Waals surface area contributed by atoms with Gasteiger partial charge in [-0.1, -0.05) is 35.5 Å². The van der Waals surface area contributed by atoms with Crippen molar-refractivity contribution >= 4 is 6.29 Å². The fourth-order valence-corrected chi connectivity index (χ4v) is 3.02. The molecule has 0 atom stereocenters. The van der Waals surface area contributed by atoms with Gasteiger partial charge in [0.25, 0.3) is 0 Å². The Bertz CT molecular complexity index is 602. The predicted octanol–water partition coefficient (Wildman–Crippen LogP) is 1.97. The molecule has 0 spiro atoms. The first kappa shape index (κ1) is 14.9. The second-order valence-electron chi connectivity index (χ2n) is 5.80. The van der Waals surface area contributed by atoms with Crippen LogP contribution in [0.3, 0.4) is 0 Å². The highest BCUT2D eigenvalue weighted by Gasteiger charge is 2.15. The van der Waals surface area contributed by atoms with E-state index in [9.17, 15) is 4.79 Å². The molecule has 0 N–H and O–H groups in total. The Morgan fingerprint density at radius 1 is 1.05 bits per heavy atom. The molecule has 0 aliphatic carbocycles. The average molecular weight is 298 g/mol. The van der Waals surface area contributed by atoms with Crippen LogP contribution >= 0.6 is 0 Å². The zero-order chi connectivity index (χ0) is 15.2. The van der Waals surface area contributed by atoms with Crippen molar-refractivity contribution in [3.05, 3.63) is 47.3 Å². The Morgan fingerprint density at radius 3 is 2.55 bits per heavy atom. The van der Waals surface area contributed by atoms with E-state index in [1.165, 1.54) is 31.5 Å². The molecular formula is C17H22N4O. The Hall–Kier alpha value is -2.01. The fourth-order valence-electron chi connectivity index (χ4n) is 3.02. The number of hydrogen-bond acceptors (Lipinski definition) is 4. The van der Waals surface area contributed by atoms with Crippen molar-refractivity contribution in [1.29, 1.82) is 0 Å². The van der Waals surface area contributed by atoms with Gasteiger partial charge in [0.15, 0.2) is 6.29 Å². The second-order valence-corrected chi connectivity index (χ2v) is 5.80. The molecule has 0 amide bonds. The third kappa shape index (κ3) is 3.60. The normalized spacial score (nSPS) is 15.3. The van der Waals surface area contributed by atoms with Crippen molar-refractivity contribution < 1.29 is 4.79 Å². The van der Waals surface area contributed by atoms with Gasteiger partial charge < -0.3 is 4.90 Å². The molecule has 1 fully saturated rings. The van der Waals surface area contributed by atoms with E-state index in [2.05, 4.69) is 27.3 Å². The number of nitrogens with zero attached hydrogens (tertiary/aromatic N) is 4. The van der Waals surface area contributed by atoms with Crippen LogP contribution in [0.1, 0.15) is 34.6 Å². The van der Waals surface area contributed by atoms with Crippen LogP contribution in [0.15, 0.2) is 30.3 Å². The first-order valence-electron chi connectivity index (χ1n) is 8.00. The van der Waals surface area contributed by atoms with Crippen molar-refractivity contribution in [3.8, 4) is 0 Å². The van der Waals surface area contributed by atoms with E-state index in [4.69, 9.17) is 0 Å². The lowest BCUT2D eigenvalue weighted by molar-refractivity contribution is 0.111. The summed E-state index contributed by atoms with van der Waals surface area (Å²) in [6, 6.07) is 10.3. The predicted molar refractivity (Wildman–Crippen MR) is 84.9 cm³/mol. The van der Waals surface area contributed by atoms with Crippen LogP contribution in [-0.4, -0.2) is 45.8 Å². The number of benzene rings is 1. The Labute approximate surface area is 130 Å². The fraction of sp³-hybridized carbons (Fsp3) is 0.471. The molecule has 1 aromatic heterocycles. The Kier molecular flexibility index (Phi) is 4.96. The number of carbonyl (C=O) groups excluding carboxylic acids is 1. The quantitative estimate of drug-likeness (QED) is 0.733.